The second-order valence-corrected chi connectivity index (χ2v) is 11.3. The number of anilines is 1. The van der Waals surface area contributed by atoms with E-state index >= 15 is 0 Å². The van der Waals surface area contributed by atoms with Crippen molar-refractivity contribution in [2.75, 3.05) is 18.4 Å². The highest BCUT2D eigenvalue weighted by Gasteiger charge is 2.35. The Labute approximate surface area is 208 Å². The minimum Gasteiger partial charge on any atom is -0.306 e. The SMILES string of the molecule is Cc1cc(NC(=O)c2cccc(S(=O)(=O)N3CC(C)CC(C)C3)c2)n(-c2ccccc2C(F)(F)F)n1. The van der Waals surface area contributed by atoms with E-state index in [0.29, 0.717) is 18.8 Å². The van der Waals surface area contributed by atoms with Gasteiger partial charge in [-0.25, -0.2) is 13.1 Å². The highest BCUT2D eigenvalue weighted by molar-refractivity contribution is 7.89. The van der Waals surface area contributed by atoms with E-state index in [-0.39, 0.29) is 33.8 Å². The number of hydrogen-bond donors (Lipinski definition) is 1. The highest BCUT2D eigenvalue weighted by Crippen LogP contribution is 2.35. The summed E-state index contributed by atoms with van der Waals surface area (Å²) in [7, 11) is -3.81. The minimum atomic E-state index is -4.62. The van der Waals surface area contributed by atoms with Crippen molar-refractivity contribution in [1.82, 2.24) is 14.1 Å². The molecule has 1 fully saturated rings. The fourth-order valence-electron chi connectivity index (χ4n) is 4.61. The predicted molar refractivity (Wildman–Crippen MR) is 129 cm³/mol. The van der Waals surface area contributed by atoms with Crippen LogP contribution < -0.4 is 5.32 Å². The van der Waals surface area contributed by atoms with Crippen molar-refractivity contribution >= 4 is 21.7 Å². The molecule has 1 N–H and O–H groups in total. The lowest BCUT2D eigenvalue weighted by Crippen LogP contribution is -2.42. The molecule has 3 aromatic rings. The summed E-state index contributed by atoms with van der Waals surface area (Å²) in [6, 6.07) is 12.0. The van der Waals surface area contributed by atoms with Gasteiger partial charge in [0.25, 0.3) is 5.91 Å². The second-order valence-electron chi connectivity index (χ2n) is 9.35. The number of piperidine rings is 1. The summed E-state index contributed by atoms with van der Waals surface area (Å²) in [5.74, 6) is -0.199. The van der Waals surface area contributed by atoms with Gasteiger partial charge < -0.3 is 5.32 Å². The molecule has 2 heterocycles. The number of amides is 1. The maximum absolute atomic E-state index is 13.6. The van der Waals surface area contributed by atoms with Crippen LogP contribution in [0.25, 0.3) is 5.69 Å². The van der Waals surface area contributed by atoms with Crippen LogP contribution in [0.5, 0.6) is 0 Å². The molecule has 1 saturated heterocycles. The van der Waals surface area contributed by atoms with Crippen LogP contribution in [0, 0.1) is 18.8 Å². The Kier molecular flexibility index (Phi) is 6.98. The van der Waals surface area contributed by atoms with Crippen LogP contribution in [0.3, 0.4) is 0 Å². The van der Waals surface area contributed by atoms with Crippen molar-refractivity contribution in [3.8, 4) is 5.69 Å². The summed E-state index contributed by atoms with van der Waals surface area (Å²) >= 11 is 0. The molecule has 2 atom stereocenters. The Morgan fingerprint density at radius 2 is 1.69 bits per heavy atom. The van der Waals surface area contributed by atoms with E-state index in [1.165, 1.54) is 52.8 Å². The lowest BCUT2D eigenvalue weighted by atomic mass is 9.94. The van der Waals surface area contributed by atoms with Gasteiger partial charge in [-0.1, -0.05) is 32.0 Å². The maximum atomic E-state index is 13.6. The number of benzene rings is 2. The molecule has 0 aliphatic carbocycles. The van der Waals surface area contributed by atoms with E-state index in [0.717, 1.165) is 17.2 Å². The second kappa shape index (κ2) is 9.70. The number of rotatable bonds is 5. The van der Waals surface area contributed by atoms with Crippen molar-refractivity contribution in [3.63, 3.8) is 0 Å². The van der Waals surface area contributed by atoms with Gasteiger partial charge in [-0.05, 0) is 55.5 Å². The summed E-state index contributed by atoms with van der Waals surface area (Å²) < 4.78 is 69.7. The van der Waals surface area contributed by atoms with Crippen molar-refractivity contribution in [2.24, 2.45) is 11.8 Å². The molecule has 11 heteroatoms. The van der Waals surface area contributed by atoms with Crippen molar-refractivity contribution < 1.29 is 26.4 Å². The Balaban J connectivity index is 1.63. The quantitative estimate of drug-likeness (QED) is 0.506. The molecular formula is C25H27F3N4O3S. The molecule has 1 aliphatic rings. The largest absolute Gasteiger partial charge is 0.418 e. The van der Waals surface area contributed by atoms with Crippen LogP contribution in [0.15, 0.2) is 59.5 Å². The number of para-hydroxylation sites is 1. The van der Waals surface area contributed by atoms with Crippen LogP contribution in [-0.4, -0.2) is 41.5 Å². The van der Waals surface area contributed by atoms with E-state index in [1.807, 2.05) is 13.8 Å². The molecule has 0 bridgehead atoms. The fraction of sp³-hybridized carbons (Fsp3) is 0.360. The Morgan fingerprint density at radius 3 is 2.36 bits per heavy atom. The third kappa shape index (κ3) is 5.31. The Morgan fingerprint density at radius 1 is 1.03 bits per heavy atom. The molecule has 2 aromatic carbocycles. The third-order valence-electron chi connectivity index (χ3n) is 6.08. The number of nitrogens with zero attached hydrogens (tertiary/aromatic N) is 3. The summed E-state index contributed by atoms with van der Waals surface area (Å²) in [5.41, 5.74) is -0.685. The topological polar surface area (TPSA) is 84.3 Å². The molecule has 0 radical (unpaired) electrons. The van der Waals surface area contributed by atoms with E-state index in [4.69, 9.17) is 0 Å². The number of carbonyl (C=O) groups excluding carboxylic acids is 1. The zero-order valence-corrected chi connectivity index (χ0v) is 20.9. The van der Waals surface area contributed by atoms with Gasteiger partial charge in [0.2, 0.25) is 10.0 Å². The fourth-order valence-corrected chi connectivity index (χ4v) is 6.33. The van der Waals surface area contributed by atoms with Crippen LogP contribution in [0.4, 0.5) is 19.0 Å². The Hall–Kier alpha value is -3.18. The number of aryl methyl sites for hydroxylation is 1. The molecule has 1 aliphatic heterocycles. The molecule has 4 rings (SSSR count). The standard InChI is InChI=1S/C25H27F3N4O3S/c1-16-11-17(2)15-31(14-16)36(34,35)20-8-6-7-19(13-20)24(33)29-23-12-18(3)30-32(23)22-10-5-4-9-21(22)25(26,27)28/h4-10,12-13,16-17H,11,14-15H2,1-3H3,(H,29,33). The summed E-state index contributed by atoms with van der Waals surface area (Å²) in [4.78, 5) is 13.1. The average molecular weight is 521 g/mol. The van der Waals surface area contributed by atoms with Crippen molar-refractivity contribution in [2.45, 2.75) is 38.3 Å². The summed E-state index contributed by atoms with van der Waals surface area (Å²) in [6.07, 6.45) is -3.68. The van der Waals surface area contributed by atoms with E-state index in [1.54, 1.807) is 6.92 Å². The molecular weight excluding hydrogens is 493 g/mol. The number of aromatic nitrogens is 2. The van der Waals surface area contributed by atoms with Crippen LogP contribution in [0.2, 0.25) is 0 Å². The number of sulfonamides is 1. The first kappa shape index (κ1) is 25.9. The van der Waals surface area contributed by atoms with Gasteiger partial charge >= 0.3 is 6.18 Å². The van der Waals surface area contributed by atoms with Crippen LogP contribution >= 0.6 is 0 Å². The van der Waals surface area contributed by atoms with Gasteiger partial charge in [0.15, 0.2) is 0 Å². The molecule has 0 saturated carbocycles. The van der Waals surface area contributed by atoms with Crippen LogP contribution in [0.1, 0.15) is 41.9 Å². The average Bonchev–Trinajstić information content (AvgIpc) is 3.17. The molecule has 1 amide bonds. The number of alkyl halides is 3. The Bertz CT molecular complexity index is 1380. The van der Waals surface area contributed by atoms with Gasteiger partial charge in [0, 0.05) is 24.7 Å². The van der Waals surface area contributed by atoms with Gasteiger partial charge in [-0.2, -0.15) is 22.6 Å². The highest BCUT2D eigenvalue weighted by atomic mass is 32.2. The van der Waals surface area contributed by atoms with Crippen molar-refractivity contribution in [1.29, 1.82) is 0 Å². The molecule has 1 aromatic heterocycles. The van der Waals surface area contributed by atoms with E-state index < -0.39 is 27.7 Å². The smallest absolute Gasteiger partial charge is 0.306 e. The first-order chi connectivity index (χ1) is 16.9. The zero-order valence-electron chi connectivity index (χ0n) is 20.1. The minimum absolute atomic E-state index is 0.0106. The number of carbonyl (C=O) groups is 1. The number of halogens is 3. The molecule has 192 valence electrons. The monoisotopic (exact) mass is 520 g/mol. The molecule has 36 heavy (non-hydrogen) atoms. The van der Waals surface area contributed by atoms with Gasteiger partial charge in [-0.15, -0.1) is 0 Å². The summed E-state index contributed by atoms with van der Waals surface area (Å²) in [5, 5.41) is 6.72. The molecule has 0 spiro atoms. The van der Waals surface area contributed by atoms with Crippen molar-refractivity contribution in [3.05, 3.63) is 71.4 Å². The zero-order chi connectivity index (χ0) is 26.3. The first-order valence-electron chi connectivity index (χ1n) is 11.5. The van der Waals surface area contributed by atoms with Gasteiger partial charge in [0.1, 0.15) is 5.82 Å². The normalized spacial score (nSPS) is 19.3. The maximum Gasteiger partial charge on any atom is 0.418 e. The number of nitrogens with one attached hydrogen (secondary N) is 1. The van der Waals surface area contributed by atoms with Crippen LogP contribution in [-0.2, 0) is 16.2 Å². The number of hydrogen-bond acceptors (Lipinski definition) is 4. The predicted octanol–water partition coefficient (Wildman–Crippen LogP) is 5.12. The summed E-state index contributed by atoms with van der Waals surface area (Å²) in [6.45, 7) is 6.41. The molecule has 7 nitrogen and oxygen atoms in total. The van der Waals surface area contributed by atoms with E-state index in [9.17, 15) is 26.4 Å². The van der Waals surface area contributed by atoms with Gasteiger partial charge in [-0.3, -0.25) is 4.79 Å². The molecule has 2 unspecified atom stereocenters. The lowest BCUT2D eigenvalue weighted by molar-refractivity contribution is -0.137. The van der Waals surface area contributed by atoms with Gasteiger partial charge in [0.05, 0.1) is 21.8 Å². The third-order valence-corrected chi connectivity index (χ3v) is 7.91. The first-order valence-corrected chi connectivity index (χ1v) is 12.9. The lowest BCUT2D eigenvalue weighted by Gasteiger charge is -2.34. The van der Waals surface area contributed by atoms with E-state index in [2.05, 4.69) is 10.4 Å².